The van der Waals surface area contributed by atoms with Gasteiger partial charge in [0.2, 0.25) is 5.91 Å². The number of carbonyl (C=O) groups is 4. The van der Waals surface area contributed by atoms with Crippen molar-refractivity contribution in [2.45, 2.75) is 37.4 Å². The number of carboxylic acids is 2. The molecule has 1 aromatic rings. The third-order valence-corrected chi connectivity index (χ3v) is 4.23. The van der Waals surface area contributed by atoms with E-state index in [4.69, 9.17) is 10.8 Å². The zero-order valence-electron chi connectivity index (χ0n) is 14.0. The molecule has 0 saturated carbocycles. The van der Waals surface area contributed by atoms with E-state index in [1.807, 2.05) is 0 Å². The van der Waals surface area contributed by atoms with Crippen molar-refractivity contribution >= 4 is 23.8 Å². The summed E-state index contributed by atoms with van der Waals surface area (Å²) >= 11 is 0. The first-order valence-electron chi connectivity index (χ1n) is 8.16. The van der Waals surface area contributed by atoms with Gasteiger partial charge in [-0.15, -0.1) is 0 Å². The Morgan fingerprint density at radius 3 is 2.42 bits per heavy atom. The van der Waals surface area contributed by atoms with Gasteiger partial charge in [-0.1, -0.05) is 18.2 Å². The first kappa shape index (κ1) is 19.4. The third-order valence-electron chi connectivity index (χ3n) is 4.23. The highest BCUT2D eigenvalue weighted by atomic mass is 16.4. The number of nitrogens with one attached hydrogen (secondary N) is 1. The lowest BCUT2D eigenvalue weighted by atomic mass is 10.1. The topological polar surface area (TPSA) is 150 Å². The largest absolute Gasteiger partial charge is 0.481 e. The molecule has 0 bridgehead atoms. The van der Waals surface area contributed by atoms with E-state index in [2.05, 4.69) is 5.32 Å². The minimum atomic E-state index is -1.19. The van der Waals surface area contributed by atoms with Gasteiger partial charge in [-0.05, 0) is 18.6 Å². The highest BCUT2D eigenvalue weighted by molar-refractivity contribution is 5.94. The summed E-state index contributed by atoms with van der Waals surface area (Å²) in [6.07, 6.45) is -0.310. The highest BCUT2D eigenvalue weighted by Gasteiger charge is 2.41. The standard InChI is InChI=1S/C17H21N3O6/c18-12(6-7-14(21)22)16(24)20-9-11(8-13(20)17(25)26)19-15(23)10-4-2-1-3-5-10/h1-5,11-13H,6-9,18H2,(H,19,23)(H,21,22)(H,25,26)/t11-,12?,13+/m1/s1. The van der Waals surface area contributed by atoms with Crippen molar-refractivity contribution in [3.05, 3.63) is 35.9 Å². The Morgan fingerprint density at radius 2 is 1.85 bits per heavy atom. The van der Waals surface area contributed by atoms with Crippen molar-refractivity contribution in [1.29, 1.82) is 0 Å². The molecular formula is C17H21N3O6. The maximum absolute atomic E-state index is 12.4. The zero-order valence-corrected chi connectivity index (χ0v) is 14.0. The molecule has 1 unspecified atom stereocenters. The number of nitrogens with two attached hydrogens (primary N) is 1. The molecule has 1 heterocycles. The number of nitrogens with zero attached hydrogens (tertiary/aromatic N) is 1. The lowest BCUT2D eigenvalue weighted by Crippen LogP contribution is -2.49. The van der Waals surface area contributed by atoms with E-state index in [0.29, 0.717) is 5.56 Å². The number of hydrogen-bond acceptors (Lipinski definition) is 5. The molecule has 0 aromatic heterocycles. The molecule has 1 aliphatic rings. The van der Waals surface area contributed by atoms with Crippen LogP contribution < -0.4 is 11.1 Å². The van der Waals surface area contributed by atoms with Crippen LogP contribution in [0.15, 0.2) is 30.3 Å². The van der Waals surface area contributed by atoms with Gasteiger partial charge in [0.1, 0.15) is 6.04 Å². The molecule has 1 aromatic carbocycles. The number of likely N-dealkylation sites (tertiary alicyclic amines) is 1. The molecule has 5 N–H and O–H groups in total. The van der Waals surface area contributed by atoms with Crippen LogP contribution >= 0.6 is 0 Å². The molecule has 1 aliphatic heterocycles. The van der Waals surface area contributed by atoms with Crippen molar-refractivity contribution in [3.8, 4) is 0 Å². The van der Waals surface area contributed by atoms with E-state index >= 15 is 0 Å². The maximum atomic E-state index is 12.4. The first-order valence-corrected chi connectivity index (χ1v) is 8.16. The number of carboxylic acid groups (broad SMARTS) is 2. The molecule has 2 amide bonds. The second-order valence-corrected chi connectivity index (χ2v) is 6.16. The molecule has 1 saturated heterocycles. The lowest BCUT2D eigenvalue weighted by Gasteiger charge is -2.24. The fraction of sp³-hybridized carbons (Fsp3) is 0.412. The summed E-state index contributed by atoms with van der Waals surface area (Å²) in [6.45, 7) is 0.00907. The van der Waals surface area contributed by atoms with Crippen molar-refractivity contribution in [3.63, 3.8) is 0 Å². The molecule has 1 fully saturated rings. The van der Waals surface area contributed by atoms with E-state index in [0.717, 1.165) is 4.90 Å². The fourth-order valence-electron chi connectivity index (χ4n) is 2.89. The number of benzene rings is 1. The van der Waals surface area contributed by atoms with Gasteiger partial charge in [-0.2, -0.15) is 0 Å². The number of aliphatic carboxylic acids is 2. The van der Waals surface area contributed by atoms with Crippen molar-refractivity contribution in [1.82, 2.24) is 10.2 Å². The van der Waals surface area contributed by atoms with Crippen LogP contribution in [0, 0.1) is 0 Å². The lowest BCUT2D eigenvalue weighted by molar-refractivity contribution is -0.149. The Hall–Kier alpha value is -2.94. The molecule has 140 valence electrons. The van der Waals surface area contributed by atoms with Gasteiger partial charge in [-0.3, -0.25) is 14.4 Å². The molecule has 0 aliphatic carbocycles. The van der Waals surface area contributed by atoms with Crippen LogP contribution in [0.5, 0.6) is 0 Å². The second-order valence-electron chi connectivity index (χ2n) is 6.16. The quantitative estimate of drug-likeness (QED) is 0.517. The number of rotatable bonds is 7. The minimum Gasteiger partial charge on any atom is -0.481 e. The molecule has 0 spiro atoms. The SMILES string of the molecule is NC(CCC(=O)O)C(=O)N1C[C@H](NC(=O)c2ccccc2)C[C@H]1C(=O)O. The van der Waals surface area contributed by atoms with E-state index < -0.39 is 36.0 Å². The average Bonchev–Trinajstić information content (AvgIpc) is 3.03. The minimum absolute atomic E-state index is 0.00907. The van der Waals surface area contributed by atoms with Gasteiger partial charge in [0.05, 0.1) is 6.04 Å². The summed E-state index contributed by atoms with van der Waals surface area (Å²) in [7, 11) is 0. The summed E-state index contributed by atoms with van der Waals surface area (Å²) in [6, 6.07) is 5.71. The van der Waals surface area contributed by atoms with Crippen LogP contribution in [-0.2, 0) is 14.4 Å². The third kappa shape index (κ3) is 4.79. The van der Waals surface area contributed by atoms with Gasteiger partial charge in [0.25, 0.3) is 5.91 Å². The van der Waals surface area contributed by atoms with E-state index in [1.54, 1.807) is 30.3 Å². The summed E-state index contributed by atoms with van der Waals surface area (Å²) in [5.41, 5.74) is 6.14. The highest BCUT2D eigenvalue weighted by Crippen LogP contribution is 2.20. The second kappa shape index (κ2) is 8.43. The Morgan fingerprint density at radius 1 is 1.19 bits per heavy atom. The number of hydrogen-bond donors (Lipinski definition) is 4. The van der Waals surface area contributed by atoms with Crippen LogP contribution in [-0.4, -0.2) is 63.5 Å². The van der Waals surface area contributed by atoms with Crippen LogP contribution in [0.1, 0.15) is 29.6 Å². The van der Waals surface area contributed by atoms with Gasteiger partial charge in [0, 0.05) is 31.0 Å². The van der Waals surface area contributed by atoms with Gasteiger partial charge >= 0.3 is 11.9 Å². The Bertz CT molecular complexity index is 693. The molecule has 9 heteroatoms. The molecule has 9 nitrogen and oxygen atoms in total. The molecule has 3 atom stereocenters. The Labute approximate surface area is 149 Å². The predicted octanol–water partition coefficient (Wildman–Crippen LogP) is -0.337. The molecular weight excluding hydrogens is 342 g/mol. The van der Waals surface area contributed by atoms with E-state index in [1.165, 1.54) is 0 Å². The van der Waals surface area contributed by atoms with Crippen LogP contribution in [0.2, 0.25) is 0 Å². The van der Waals surface area contributed by atoms with Crippen molar-refractivity contribution in [2.24, 2.45) is 5.73 Å². The monoisotopic (exact) mass is 363 g/mol. The summed E-state index contributed by atoms with van der Waals surface area (Å²) < 4.78 is 0. The number of amides is 2. The van der Waals surface area contributed by atoms with E-state index in [9.17, 15) is 24.3 Å². The average molecular weight is 363 g/mol. The number of carbonyl (C=O) groups excluding carboxylic acids is 2. The first-order chi connectivity index (χ1) is 12.3. The van der Waals surface area contributed by atoms with Crippen molar-refractivity contribution < 1.29 is 29.4 Å². The van der Waals surface area contributed by atoms with Gasteiger partial charge < -0.3 is 26.2 Å². The normalized spacial score (nSPS) is 20.4. The van der Waals surface area contributed by atoms with Crippen LogP contribution in [0.4, 0.5) is 0 Å². The van der Waals surface area contributed by atoms with Crippen molar-refractivity contribution in [2.75, 3.05) is 6.54 Å². The smallest absolute Gasteiger partial charge is 0.326 e. The molecule has 26 heavy (non-hydrogen) atoms. The zero-order chi connectivity index (χ0) is 19.3. The summed E-state index contributed by atoms with van der Waals surface area (Å²) in [5.74, 6) is -3.27. The van der Waals surface area contributed by atoms with E-state index in [-0.39, 0.29) is 31.7 Å². The summed E-state index contributed by atoms with van der Waals surface area (Å²) in [5, 5.41) is 20.8. The molecule has 0 radical (unpaired) electrons. The molecule has 2 rings (SSSR count). The summed E-state index contributed by atoms with van der Waals surface area (Å²) in [4.78, 5) is 47.8. The van der Waals surface area contributed by atoms with Crippen LogP contribution in [0.3, 0.4) is 0 Å². The van der Waals surface area contributed by atoms with Gasteiger partial charge in [-0.25, -0.2) is 4.79 Å². The maximum Gasteiger partial charge on any atom is 0.326 e. The predicted molar refractivity (Wildman–Crippen MR) is 90.3 cm³/mol. The Kier molecular flexibility index (Phi) is 6.29. The fourth-order valence-corrected chi connectivity index (χ4v) is 2.89. The van der Waals surface area contributed by atoms with Gasteiger partial charge in [0.15, 0.2) is 0 Å². The Balaban J connectivity index is 2.03. The van der Waals surface area contributed by atoms with Crippen LogP contribution in [0.25, 0.3) is 0 Å².